The van der Waals surface area contributed by atoms with Crippen LogP contribution in [0.2, 0.25) is 0 Å². The Balaban J connectivity index is 0.000000106. The van der Waals surface area contributed by atoms with Crippen molar-refractivity contribution in [2.75, 3.05) is 0 Å². The van der Waals surface area contributed by atoms with Crippen LogP contribution in [0.25, 0.3) is 274 Å². The SMILES string of the molecule is N#Cc1ccc2oc3c(-c4cc(-c5ccccc5C#N)cc(-n5c6ccccc6c6c7oc8ccccc8c7ccc65)c4)cccc3c2c1.N#Cc1ccc2sc3ccc(-c4cc(-c5ccccc5C#N)cc(-n5c6ccccc6c6c7oc8ccccc8c7ccc65)c4)cc3c2c1.N#Cc1ccccc1-c1cc(-n2c3ccccc3c3ccccc32)cc(-n2c3ccccc3c3c4oc5ccccc5c4ccc32)c1. The summed E-state index contributed by atoms with van der Waals surface area (Å²) in [5.74, 6) is 0. The normalized spacial score (nSPS) is 11.7. The van der Waals surface area contributed by atoms with Gasteiger partial charge in [0, 0.05) is 119 Å². The summed E-state index contributed by atoms with van der Waals surface area (Å²) in [5, 5.41) is 69.2. The van der Waals surface area contributed by atoms with Crippen molar-refractivity contribution in [2.24, 2.45) is 0 Å². The lowest BCUT2D eigenvalue weighted by molar-refractivity contribution is 0.670. The number of nitrogens with zero attached hydrogens (tertiary/aromatic N) is 9. The molecule has 30 rings (SSSR count). The molecule has 0 aliphatic carbocycles. The summed E-state index contributed by atoms with van der Waals surface area (Å²) < 4.78 is 37.8. The first-order valence-corrected chi connectivity index (χ1v) is 48.6. The average molecular weight is 1870 g/mol. The van der Waals surface area contributed by atoms with Crippen LogP contribution in [0.4, 0.5) is 0 Å². The molecule has 145 heavy (non-hydrogen) atoms. The van der Waals surface area contributed by atoms with E-state index in [-0.39, 0.29) is 0 Å². The molecule has 0 amide bonds. The van der Waals surface area contributed by atoms with Gasteiger partial charge in [0.05, 0.1) is 118 Å². The van der Waals surface area contributed by atoms with Crippen molar-refractivity contribution in [3.63, 3.8) is 0 Å². The number of para-hydroxylation sites is 9. The van der Waals surface area contributed by atoms with Crippen molar-refractivity contribution in [3.05, 3.63) is 459 Å². The molecule has 30 aromatic rings. The summed E-state index contributed by atoms with van der Waals surface area (Å²) in [6.45, 7) is 0. The van der Waals surface area contributed by atoms with Gasteiger partial charge in [0.1, 0.15) is 44.7 Å². The second-order valence-corrected chi connectivity index (χ2v) is 37.8. The molecule has 0 N–H and O–H groups in total. The van der Waals surface area contributed by atoms with Gasteiger partial charge in [-0.15, -0.1) is 11.3 Å². The van der Waals surface area contributed by atoms with E-state index in [1.807, 2.05) is 158 Å². The molecule has 0 radical (unpaired) electrons. The summed E-state index contributed by atoms with van der Waals surface area (Å²) in [5.41, 5.74) is 31.9. The highest BCUT2D eigenvalue weighted by atomic mass is 32.1. The van der Waals surface area contributed by atoms with Gasteiger partial charge in [-0.2, -0.15) is 26.3 Å². The Morgan fingerprint density at radius 2 is 0.483 bits per heavy atom. The average Bonchev–Trinajstić information content (AvgIpc) is 1.67. The molecule has 21 aromatic carbocycles. The second kappa shape index (κ2) is 33.0. The molecule has 0 unspecified atom stereocenters. The lowest BCUT2D eigenvalue weighted by atomic mass is 9.94. The maximum atomic E-state index is 10.1. The van der Waals surface area contributed by atoms with Gasteiger partial charge in [0.15, 0.2) is 0 Å². The molecule has 0 fully saturated rings. The molecular weight excluding hydrogens is 1800 g/mol. The number of rotatable bonds is 9. The highest BCUT2D eigenvalue weighted by Gasteiger charge is 2.28. The van der Waals surface area contributed by atoms with E-state index in [2.05, 4.69) is 316 Å². The number of hydrogen-bond acceptors (Lipinski definition) is 10. The van der Waals surface area contributed by atoms with Crippen LogP contribution < -0.4 is 0 Å². The Hall–Kier alpha value is -20.3. The molecule has 14 heteroatoms. The monoisotopic (exact) mass is 1870 g/mol. The summed E-state index contributed by atoms with van der Waals surface area (Å²) >= 11 is 1.74. The number of fused-ring (bicyclic) bond motifs is 30. The molecule has 0 spiro atoms. The van der Waals surface area contributed by atoms with E-state index in [4.69, 9.17) is 17.7 Å². The first-order chi connectivity index (χ1) is 71.7. The minimum absolute atomic E-state index is 0.586. The predicted molar refractivity (Wildman–Crippen MR) is 589 cm³/mol. The number of hydrogen-bond donors (Lipinski definition) is 0. The minimum atomic E-state index is 0.586. The zero-order valence-electron chi connectivity index (χ0n) is 77.1. The number of nitriles is 5. The topological polar surface area (TPSA) is 191 Å². The van der Waals surface area contributed by atoms with E-state index in [9.17, 15) is 26.3 Å². The predicted octanol–water partition coefficient (Wildman–Crippen LogP) is 35.1. The third-order valence-electron chi connectivity index (χ3n) is 28.8. The van der Waals surface area contributed by atoms with Crippen molar-refractivity contribution >= 4 is 206 Å². The summed E-state index contributed by atoms with van der Waals surface area (Å²) in [6, 6.07) is 159. The molecule has 9 heterocycles. The van der Waals surface area contributed by atoms with Crippen LogP contribution in [0.1, 0.15) is 27.8 Å². The van der Waals surface area contributed by atoms with E-state index >= 15 is 0 Å². The zero-order chi connectivity index (χ0) is 96.3. The second-order valence-electron chi connectivity index (χ2n) is 36.7. The number of aromatic nitrogens is 4. The Kier molecular flexibility index (Phi) is 18.8. The molecule has 0 saturated heterocycles. The van der Waals surface area contributed by atoms with E-state index in [1.54, 1.807) is 17.4 Å². The molecule has 9 aromatic heterocycles. The lowest BCUT2D eigenvalue weighted by Crippen LogP contribution is -2.00. The van der Waals surface area contributed by atoms with E-state index in [1.165, 1.54) is 15.5 Å². The highest BCUT2D eigenvalue weighted by Crippen LogP contribution is 2.50. The molecule has 670 valence electrons. The molecule has 0 bridgehead atoms. The quantitative estimate of drug-likeness (QED) is 0.135. The van der Waals surface area contributed by atoms with Crippen molar-refractivity contribution in [3.8, 4) is 109 Å². The van der Waals surface area contributed by atoms with E-state index in [0.717, 1.165) is 258 Å². The van der Waals surface area contributed by atoms with Crippen LogP contribution in [-0.2, 0) is 0 Å². The molecule has 0 aliphatic heterocycles. The van der Waals surface area contributed by atoms with Gasteiger partial charge in [-0.05, 0) is 256 Å². The summed E-state index contributed by atoms with van der Waals surface area (Å²) in [7, 11) is 0. The highest BCUT2D eigenvalue weighted by molar-refractivity contribution is 7.25. The van der Waals surface area contributed by atoms with Gasteiger partial charge in [-0.3, -0.25) is 0 Å². The standard InChI is InChI=1S/C44H23N3O2.C44H23N3OS.C43H25N3O/c45-24-26-16-19-41-37(20-26)34-13-7-12-32(43(34)48-41)29-21-28(31-9-2-1-8-27(31)25-46)22-30(23-29)47-38-14-5-3-11-36(38)42-39(47)18-17-35-33-10-4-6-15-40(33)49-44(35)42;45-24-26-13-17-41-36(19-26)37-23-27(14-18-42(37)49-41)29-20-30(32-8-2-1-7-28(32)25-46)22-31(21-29)47-38-11-5-3-10-35(38)43-39(47)16-15-34-33-9-4-6-12-40(33)48-44(34)43;44-26-27-11-1-2-12-31(27)28-23-29(45-37-17-7-3-13-32(37)33-14-4-8-18-38(33)45)25-30(24-28)46-39-19-9-5-16-36(39)42-40(46)22-21-35-34-15-6-10-20-41(34)47-43(35)42/h2*1-23H;1-25H. The Morgan fingerprint density at radius 3 is 0.924 bits per heavy atom. The van der Waals surface area contributed by atoms with Crippen LogP contribution >= 0.6 is 11.3 Å². The van der Waals surface area contributed by atoms with Crippen molar-refractivity contribution in [1.82, 2.24) is 18.3 Å². The van der Waals surface area contributed by atoms with Gasteiger partial charge in [0.25, 0.3) is 0 Å². The minimum Gasteiger partial charge on any atom is -0.455 e. The van der Waals surface area contributed by atoms with Crippen molar-refractivity contribution in [2.45, 2.75) is 0 Å². The van der Waals surface area contributed by atoms with Gasteiger partial charge in [-0.25, -0.2) is 0 Å². The molecule has 0 saturated carbocycles. The smallest absolute Gasteiger partial charge is 0.145 e. The fraction of sp³-hybridized carbons (Fsp3) is 0. The number of thiophene rings is 1. The molecule has 0 aliphatic rings. The molecule has 13 nitrogen and oxygen atoms in total. The summed E-state index contributed by atoms with van der Waals surface area (Å²) in [4.78, 5) is 0. The van der Waals surface area contributed by atoms with Crippen LogP contribution in [-0.4, -0.2) is 18.3 Å². The maximum absolute atomic E-state index is 10.1. The maximum Gasteiger partial charge on any atom is 0.145 e. The lowest BCUT2D eigenvalue weighted by Gasteiger charge is -2.16. The summed E-state index contributed by atoms with van der Waals surface area (Å²) in [6.07, 6.45) is 0. The third-order valence-corrected chi connectivity index (χ3v) is 30.0. The third kappa shape index (κ3) is 13.0. The Morgan fingerprint density at radius 1 is 0.179 bits per heavy atom. The van der Waals surface area contributed by atoms with Gasteiger partial charge in [0.2, 0.25) is 0 Å². The Bertz CT molecular complexity index is 11000. The van der Waals surface area contributed by atoms with E-state index < -0.39 is 0 Å². The largest absolute Gasteiger partial charge is 0.455 e. The first-order valence-electron chi connectivity index (χ1n) is 47.8. The van der Waals surface area contributed by atoms with Crippen molar-refractivity contribution < 1.29 is 17.7 Å². The van der Waals surface area contributed by atoms with Gasteiger partial charge >= 0.3 is 0 Å². The van der Waals surface area contributed by atoms with Crippen LogP contribution in [0.3, 0.4) is 0 Å². The molecular formula is C131H71N9O4S. The van der Waals surface area contributed by atoms with Crippen LogP contribution in [0, 0.1) is 56.7 Å². The van der Waals surface area contributed by atoms with Crippen LogP contribution in [0.15, 0.2) is 448 Å². The number of furan rings is 4. The van der Waals surface area contributed by atoms with Gasteiger partial charge in [-0.1, -0.05) is 224 Å². The Labute approximate surface area is 830 Å². The van der Waals surface area contributed by atoms with E-state index in [0.29, 0.717) is 27.8 Å². The first kappa shape index (κ1) is 82.9. The fourth-order valence-electron chi connectivity index (χ4n) is 22.5. The van der Waals surface area contributed by atoms with Crippen LogP contribution in [0.5, 0.6) is 0 Å². The van der Waals surface area contributed by atoms with Gasteiger partial charge < -0.3 is 35.9 Å². The number of benzene rings is 21. The van der Waals surface area contributed by atoms with Crippen molar-refractivity contribution in [1.29, 1.82) is 26.3 Å². The molecule has 0 atom stereocenters. The zero-order valence-corrected chi connectivity index (χ0v) is 77.9. The fourth-order valence-corrected chi connectivity index (χ4v) is 23.5.